The molecule has 0 saturated carbocycles. The van der Waals surface area contributed by atoms with Gasteiger partial charge in [-0.15, -0.1) is 0 Å². The lowest BCUT2D eigenvalue weighted by atomic mass is 10.1. The molecule has 0 aliphatic carbocycles. The lowest BCUT2D eigenvalue weighted by molar-refractivity contribution is -0.384. The quantitative estimate of drug-likeness (QED) is 0.337. The van der Waals surface area contributed by atoms with E-state index in [0.29, 0.717) is 0 Å². The number of non-ortho nitro benzene ring substituents is 1. The van der Waals surface area contributed by atoms with Gasteiger partial charge in [0.05, 0.1) is 16.2 Å². The summed E-state index contributed by atoms with van der Waals surface area (Å²) in [5.74, 6) is -0.614. The summed E-state index contributed by atoms with van der Waals surface area (Å²) in [7, 11) is -3.08. The van der Waals surface area contributed by atoms with E-state index < -0.39 is 20.7 Å². The number of nitrogens with one attached hydrogen (secondary N) is 1. The van der Waals surface area contributed by atoms with Gasteiger partial charge in [0.2, 0.25) is 0 Å². The minimum atomic E-state index is -3.08. The number of sulfone groups is 1. The molecule has 0 aliphatic heterocycles. The highest BCUT2D eigenvalue weighted by molar-refractivity contribution is 7.90. The van der Waals surface area contributed by atoms with Crippen LogP contribution in [0.15, 0.2) is 18.2 Å². The molecule has 0 spiro atoms. The Balaban J connectivity index is 2.68. The smallest absolute Gasteiger partial charge is 0.270 e. The number of anilines is 1. The summed E-state index contributed by atoms with van der Waals surface area (Å²) < 4.78 is 21.8. The monoisotopic (exact) mass is 301 g/mol. The van der Waals surface area contributed by atoms with E-state index in [0.717, 1.165) is 12.3 Å². The number of hydrogen-bond donors (Lipinski definition) is 2. The van der Waals surface area contributed by atoms with Crippen LogP contribution in [0.3, 0.4) is 0 Å². The van der Waals surface area contributed by atoms with E-state index in [1.807, 2.05) is 0 Å². The van der Waals surface area contributed by atoms with Crippen LogP contribution in [0.1, 0.15) is 16.8 Å². The summed E-state index contributed by atoms with van der Waals surface area (Å²) in [5, 5.41) is 13.1. The van der Waals surface area contributed by atoms with E-state index in [-0.39, 0.29) is 35.7 Å². The van der Waals surface area contributed by atoms with E-state index in [1.54, 1.807) is 0 Å². The first-order chi connectivity index (χ1) is 9.20. The van der Waals surface area contributed by atoms with Gasteiger partial charge < -0.3 is 11.1 Å². The molecule has 0 radical (unpaired) electrons. The average molecular weight is 301 g/mol. The first kappa shape index (κ1) is 15.9. The molecule has 3 N–H and O–H groups in total. The summed E-state index contributed by atoms with van der Waals surface area (Å²) in [6.45, 7) is 0.147. The molecule has 20 heavy (non-hydrogen) atoms. The fourth-order valence-electron chi connectivity index (χ4n) is 1.49. The summed E-state index contributed by atoms with van der Waals surface area (Å²) in [6.07, 6.45) is 1.37. The van der Waals surface area contributed by atoms with Crippen LogP contribution in [-0.4, -0.2) is 37.8 Å². The van der Waals surface area contributed by atoms with Gasteiger partial charge in [0, 0.05) is 30.6 Å². The van der Waals surface area contributed by atoms with Gasteiger partial charge in [0.15, 0.2) is 0 Å². The maximum Gasteiger partial charge on any atom is 0.270 e. The Bertz CT molecular complexity index is 627. The lowest BCUT2D eigenvalue weighted by Crippen LogP contribution is -2.26. The normalized spacial score (nSPS) is 11.1. The Morgan fingerprint density at radius 2 is 2.10 bits per heavy atom. The molecular formula is C11H15N3O5S. The number of nitrogen functional groups attached to an aromatic ring is 1. The second-order valence-electron chi connectivity index (χ2n) is 4.27. The zero-order chi connectivity index (χ0) is 15.3. The van der Waals surface area contributed by atoms with Crippen molar-refractivity contribution in [2.24, 2.45) is 0 Å². The van der Waals surface area contributed by atoms with Crippen molar-refractivity contribution in [1.82, 2.24) is 5.32 Å². The maximum atomic E-state index is 11.8. The summed E-state index contributed by atoms with van der Waals surface area (Å²) in [4.78, 5) is 21.8. The van der Waals surface area contributed by atoms with E-state index in [1.165, 1.54) is 12.1 Å². The highest BCUT2D eigenvalue weighted by Crippen LogP contribution is 2.19. The Labute approximate surface area is 116 Å². The van der Waals surface area contributed by atoms with Crippen LogP contribution < -0.4 is 11.1 Å². The number of nitro groups is 1. The summed E-state index contributed by atoms with van der Waals surface area (Å²) in [5.41, 5.74) is 5.47. The molecule has 0 aliphatic rings. The minimum Gasteiger partial charge on any atom is -0.398 e. The molecule has 8 nitrogen and oxygen atoms in total. The number of amides is 1. The number of carbonyl (C=O) groups excluding carboxylic acids is 1. The van der Waals surface area contributed by atoms with Crippen molar-refractivity contribution in [3.63, 3.8) is 0 Å². The van der Waals surface area contributed by atoms with Crippen molar-refractivity contribution < 1.29 is 18.1 Å². The van der Waals surface area contributed by atoms with Crippen molar-refractivity contribution in [3.05, 3.63) is 33.9 Å². The Morgan fingerprint density at radius 3 is 2.65 bits per heavy atom. The Hall–Kier alpha value is -2.16. The van der Waals surface area contributed by atoms with Crippen LogP contribution in [0.5, 0.6) is 0 Å². The van der Waals surface area contributed by atoms with Gasteiger partial charge in [-0.25, -0.2) is 8.42 Å². The molecule has 0 unspecified atom stereocenters. The predicted octanol–water partition coefficient (Wildman–Crippen LogP) is 0.342. The second kappa shape index (κ2) is 6.33. The second-order valence-corrected chi connectivity index (χ2v) is 6.53. The van der Waals surface area contributed by atoms with Crippen molar-refractivity contribution in [2.45, 2.75) is 6.42 Å². The number of hydrogen-bond acceptors (Lipinski definition) is 6. The fraction of sp³-hybridized carbons (Fsp3) is 0.364. The number of nitrogens with zero attached hydrogens (tertiary/aromatic N) is 1. The number of benzene rings is 1. The topological polar surface area (TPSA) is 132 Å². The summed E-state index contributed by atoms with van der Waals surface area (Å²) in [6, 6.07) is 3.57. The average Bonchev–Trinajstić information content (AvgIpc) is 2.33. The fourth-order valence-corrected chi connectivity index (χ4v) is 2.15. The minimum absolute atomic E-state index is 0.00134. The highest BCUT2D eigenvalue weighted by atomic mass is 32.2. The SMILES string of the molecule is CS(=O)(=O)CCCNC(=O)c1cc([N+](=O)[O-])ccc1N. The maximum absolute atomic E-state index is 11.8. The largest absolute Gasteiger partial charge is 0.398 e. The molecule has 0 aromatic heterocycles. The molecule has 0 atom stereocenters. The molecule has 1 aromatic carbocycles. The molecule has 1 amide bonds. The highest BCUT2D eigenvalue weighted by Gasteiger charge is 2.15. The molecule has 110 valence electrons. The van der Waals surface area contributed by atoms with Gasteiger partial charge in [-0.3, -0.25) is 14.9 Å². The van der Waals surface area contributed by atoms with Gasteiger partial charge >= 0.3 is 0 Å². The van der Waals surface area contributed by atoms with Crippen molar-refractivity contribution in [1.29, 1.82) is 0 Å². The third kappa shape index (κ3) is 4.84. The van der Waals surface area contributed by atoms with Crippen molar-refractivity contribution in [2.75, 3.05) is 24.3 Å². The molecule has 0 saturated heterocycles. The van der Waals surface area contributed by atoms with Gasteiger partial charge in [-0.1, -0.05) is 0 Å². The number of nitro benzene ring substituents is 1. The Kier molecular flexibility index (Phi) is 5.03. The zero-order valence-electron chi connectivity index (χ0n) is 10.8. The van der Waals surface area contributed by atoms with E-state index in [4.69, 9.17) is 5.73 Å². The summed E-state index contributed by atoms with van der Waals surface area (Å²) >= 11 is 0. The van der Waals surface area contributed by atoms with Crippen LogP contribution in [0.4, 0.5) is 11.4 Å². The molecule has 0 fully saturated rings. The van der Waals surface area contributed by atoms with Gasteiger partial charge in [-0.2, -0.15) is 0 Å². The standard InChI is InChI=1S/C11H15N3O5S/c1-20(18,19)6-2-5-13-11(15)9-7-8(14(16)17)3-4-10(9)12/h3-4,7H,2,5-6,12H2,1H3,(H,13,15). The van der Waals surface area contributed by atoms with Crippen LogP contribution in [0, 0.1) is 10.1 Å². The van der Waals surface area contributed by atoms with Crippen molar-refractivity contribution in [3.8, 4) is 0 Å². The van der Waals surface area contributed by atoms with Crippen LogP contribution in [-0.2, 0) is 9.84 Å². The molecule has 0 bridgehead atoms. The lowest BCUT2D eigenvalue weighted by Gasteiger charge is -2.07. The molecule has 9 heteroatoms. The molecule has 0 heterocycles. The number of carbonyl (C=O) groups is 1. The third-order valence-electron chi connectivity index (χ3n) is 2.47. The van der Waals surface area contributed by atoms with Gasteiger partial charge in [0.1, 0.15) is 9.84 Å². The van der Waals surface area contributed by atoms with Gasteiger partial charge in [-0.05, 0) is 12.5 Å². The third-order valence-corrected chi connectivity index (χ3v) is 3.50. The number of rotatable bonds is 6. The predicted molar refractivity (Wildman–Crippen MR) is 74.2 cm³/mol. The van der Waals surface area contributed by atoms with Gasteiger partial charge in [0.25, 0.3) is 11.6 Å². The first-order valence-electron chi connectivity index (χ1n) is 5.70. The molecular weight excluding hydrogens is 286 g/mol. The zero-order valence-corrected chi connectivity index (χ0v) is 11.6. The molecule has 1 aromatic rings. The van der Waals surface area contributed by atoms with Crippen LogP contribution in [0.2, 0.25) is 0 Å². The van der Waals surface area contributed by atoms with Crippen LogP contribution >= 0.6 is 0 Å². The van der Waals surface area contributed by atoms with Crippen molar-refractivity contribution >= 4 is 27.1 Å². The molecule has 1 rings (SSSR count). The van der Waals surface area contributed by atoms with Crippen LogP contribution in [0.25, 0.3) is 0 Å². The Morgan fingerprint density at radius 1 is 1.45 bits per heavy atom. The first-order valence-corrected chi connectivity index (χ1v) is 7.76. The van der Waals surface area contributed by atoms with E-state index in [2.05, 4.69) is 5.32 Å². The van der Waals surface area contributed by atoms with E-state index >= 15 is 0 Å². The van der Waals surface area contributed by atoms with E-state index in [9.17, 15) is 23.3 Å². The number of nitrogens with two attached hydrogens (primary N) is 1.